The zero-order valence-electron chi connectivity index (χ0n) is 10.3. The Bertz CT molecular complexity index is 346. The molecule has 17 heavy (non-hydrogen) atoms. The molecule has 0 bridgehead atoms. The summed E-state index contributed by atoms with van der Waals surface area (Å²) >= 11 is 0. The summed E-state index contributed by atoms with van der Waals surface area (Å²) in [6, 6.07) is 7.06. The molecule has 94 valence electrons. The van der Waals surface area contributed by atoms with E-state index in [1.807, 2.05) is 13.8 Å². The fraction of sp³-hybridized carbons (Fsp3) is 0.462. The number of carbonyl (C=O) groups is 1. The molecular weight excluding hydrogens is 218 g/mol. The number of rotatable bonds is 7. The van der Waals surface area contributed by atoms with Gasteiger partial charge in [-0.25, -0.2) is 0 Å². The topological polar surface area (TPSA) is 61.5 Å². The van der Waals surface area contributed by atoms with Crippen LogP contribution in [0.3, 0.4) is 0 Å². The van der Waals surface area contributed by atoms with Crippen LogP contribution in [0.1, 0.15) is 24.2 Å². The Morgan fingerprint density at radius 3 is 2.47 bits per heavy atom. The summed E-state index contributed by atoms with van der Waals surface area (Å²) in [7, 11) is 0. The number of hydrogen-bond acceptors (Lipinski definition) is 4. The van der Waals surface area contributed by atoms with Crippen LogP contribution in [0.2, 0.25) is 0 Å². The second-order valence-electron chi connectivity index (χ2n) is 3.96. The zero-order chi connectivity index (χ0) is 12.7. The van der Waals surface area contributed by atoms with Crippen molar-refractivity contribution in [3.63, 3.8) is 0 Å². The van der Waals surface area contributed by atoms with Gasteiger partial charge >= 0.3 is 0 Å². The molecule has 0 atom stereocenters. The monoisotopic (exact) mass is 237 g/mol. The van der Waals surface area contributed by atoms with Crippen molar-refractivity contribution in [1.29, 1.82) is 0 Å². The van der Waals surface area contributed by atoms with Crippen molar-refractivity contribution in [3.05, 3.63) is 29.8 Å². The lowest BCUT2D eigenvalue weighted by molar-refractivity contribution is 0.0774. The average molecular weight is 237 g/mol. The molecule has 1 aromatic rings. The van der Waals surface area contributed by atoms with Crippen molar-refractivity contribution < 1.29 is 14.3 Å². The van der Waals surface area contributed by atoms with Crippen LogP contribution >= 0.6 is 0 Å². The summed E-state index contributed by atoms with van der Waals surface area (Å²) in [6.45, 7) is 4.82. The van der Waals surface area contributed by atoms with Crippen LogP contribution in [0.25, 0.3) is 0 Å². The Labute approximate surface area is 102 Å². The highest BCUT2D eigenvalue weighted by Crippen LogP contribution is 2.14. The molecule has 0 aliphatic heterocycles. The van der Waals surface area contributed by atoms with Crippen molar-refractivity contribution in [2.75, 3.05) is 19.8 Å². The second kappa shape index (κ2) is 7.04. The largest absolute Gasteiger partial charge is 0.491 e. The zero-order valence-corrected chi connectivity index (χ0v) is 10.3. The molecule has 0 spiro atoms. The third-order valence-electron chi connectivity index (χ3n) is 2.04. The van der Waals surface area contributed by atoms with Crippen LogP contribution in [-0.2, 0) is 4.74 Å². The van der Waals surface area contributed by atoms with E-state index in [2.05, 4.69) is 0 Å². The van der Waals surface area contributed by atoms with Gasteiger partial charge in [-0.05, 0) is 38.1 Å². The number of Topliss-reactive ketones (excluding diaryl/α,β-unsaturated/α-hetero) is 1. The van der Waals surface area contributed by atoms with Gasteiger partial charge < -0.3 is 15.2 Å². The van der Waals surface area contributed by atoms with Gasteiger partial charge in [-0.15, -0.1) is 0 Å². The summed E-state index contributed by atoms with van der Waals surface area (Å²) in [6.07, 6.45) is 0.129. The van der Waals surface area contributed by atoms with Crippen molar-refractivity contribution in [2.45, 2.75) is 20.0 Å². The average Bonchev–Trinajstić information content (AvgIpc) is 2.29. The number of ketones is 1. The molecule has 0 heterocycles. The Hall–Kier alpha value is -1.39. The Morgan fingerprint density at radius 1 is 1.29 bits per heavy atom. The quantitative estimate of drug-likeness (QED) is 0.578. The maximum absolute atomic E-state index is 11.6. The molecule has 0 unspecified atom stereocenters. The lowest BCUT2D eigenvalue weighted by atomic mass is 10.1. The minimum Gasteiger partial charge on any atom is -0.491 e. The van der Waals surface area contributed by atoms with Crippen LogP contribution in [0.5, 0.6) is 5.75 Å². The smallest absolute Gasteiger partial charge is 0.188 e. The highest BCUT2D eigenvalue weighted by molar-refractivity contribution is 5.97. The molecule has 1 aromatic carbocycles. The van der Waals surface area contributed by atoms with E-state index in [9.17, 15) is 4.79 Å². The van der Waals surface area contributed by atoms with Crippen molar-refractivity contribution in [3.8, 4) is 5.75 Å². The molecule has 0 radical (unpaired) electrons. The molecule has 0 saturated carbocycles. The summed E-state index contributed by atoms with van der Waals surface area (Å²) < 4.78 is 10.6. The van der Waals surface area contributed by atoms with Gasteiger partial charge in [0, 0.05) is 12.1 Å². The summed E-state index contributed by atoms with van der Waals surface area (Å²) in [5.41, 5.74) is 5.89. The van der Waals surface area contributed by atoms with E-state index in [4.69, 9.17) is 15.2 Å². The van der Waals surface area contributed by atoms with Gasteiger partial charge in [0.15, 0.2) is 5.78 Å². The number of ether oxygens (including phenoxy) is 2. The van der Waals surface area contributed by atoms with Gasteiger partial charge in [0.05, 0.1) is 12.7 Å². The number of benzene rings is 1. The summed E-state index contributed by atoms with van der Waals surface area (Å²) in [4.78, 5) is 11.6. The molecule has 1 rings (SSSR count). The van der Waals surface area contributed by atoms with E-state index in [0.717, 1.165) is 5.75 Å². The molecule has 0 amide bonds. The second-order valence-corrected chi connectivity index (χ2v) is 3.96. The first-order chi connectivity index (χ1) is 8.13. The Kier molecular flexibility index (Phi) is 5.66. The number of hydrogen-bond donors (Lipinski definition) is 1. The molecule has 4 nitrogen and oxygen atoms in total. The fourth-order valence-electron chi connectivity index (χ4n) is 1.32. The highest BCUT2D eigenvalue weighted by atomic mass is 16.5. The third kappa shape index (κ3) is 4.97. The van der Waals surface area contributed by atoms with Crippen LogP contribution in [0, 0.1) is 0 Å². The van der Waals surface area contributed by atoms with Gasteiger partial charge in [0.1, 0.15) is 12.4 Å². The molecule has 0 aliphatic carbocycles. The van der Waals surface area contributed by atoms with Gasteiger partial charge in [-0.3, -0.25) is 4.79 Å². The van der Waals surface area contributed by atoms with E-state index < -0.39 is 0 Å². The van der Waals surface area contributed by atoms with E-state index in [1.54, 1.807) is 24.3 Å². The minimum atomic E-state index is -0.0467. The van der Waals surface area contributed by atoms with E-state index in [1.165, 1.54) is 0 Å². The number of nitrogens with two attached hydrogens (primary N) is 1. The predicted molar refractivity (Wildman–Crippen MR) is 66.4 cm³/mol. The predicted octanol–water partition coefficient (Wildman–Crippen LogP) is 1.63. The molecular formula is C13H19NO3. The summed E-state index contributed by atoms with van der Waals surface area (Å²) in [5.74, 6) is 0.717. The van der Waals surface area contributed by atoms with Crippen LogP contribution in [0.4, 0.5) is 0 Å². The first-order valence-corrected chi connectivity index (χ1v) is 5.71. The van der Waals surface area contributed by atoms with E-state index in [0.29, 0.717) is 18.7 Å². The van der Waals surface area contributed by atoms with Gasteiger partial charge in [0.25, 0.3) is 0 Å². The highest BCUT2D eigenvalue weighted by Gasteiger charge is 2.06. The SMILES string of the molecule is CC(C)Oc1ccc(C(=O)COCCN)cc1. The third-order valence-corrected chi connectivity index (χ3v) is 2.04. The van der Waals surface area contributed by atoms with Gasteiger partial charge in [-0.1, -0.05) is 0 Å². The maximum atomic E-state index is 11.6. The van der Waals surface area contributed by atoms with Gasteiger partial charge in [0.2, 0.25) is 0 Å². The lowest BCUT2D eigenvalue weighted by Gasteiger charge is -2.09. The van der Waals surface area contributed by atoms with Crippen LogP contribution in [-0.4, -0.2) is 31.6 Å². The Balaban J connectivity index is 2.52. The van der Waals surface area contributed by atoms with Crippen LogP contribution in [0.15, 0.2) is 24.3 Å². The molecule has 0 aromatic heterocycles. The lowest BCUT2D eigenvalue weighted by Crippen LogP contribution is -2.14. The fourth-order valence-corrected chi connectivity index (χ4v) is 1.32. The standard InChI is InChI=1S/C13H19NO3/c1-10(2)17-12-5-3-11(4-6-12)13(15)9-16-8-7-14/h3-6,10H,7-9,14H2,1-2H3. The number of carbonyl (C=O) groups excluding carboxylic acids is 1. The van der Waals surface area contributed by atoms with Crippen LogP contribution < -0.4 is 10.5 Å². The van der Waals surface area contributed by atoms with Crippen molar-refractivity contribution >= 4 is 5.78 Å². The molecule has 0 aliphatic rings. The van der Waals surface area contributed by atoms with Gasteiger partial charge in [-0.2, -0.15) is 0 Å². The normalized spacial score (nSPS) is 10.6. The van der Waals surface area contributed by atoms with Crippen molar-refractivity contribution in [1.82, 2.24) is 0 Å². The minimum absolute atomic E-state index is 0.0467. The summed E-state index contributed by atoms with van der Waals surface area (Å²) in [5, 5.41) is 0. The van der Waals surface area contributed by atoms with Crippen molar-refractivity contribution in [2.24, 2.45) is 5.73 Å². The maximum Gasteiger partial charge on any atom is 0.188 e. The molecule has 2 N–H and O–H groups in total. The first kappa shape index (κ1) is 13.7. The molecule has 0 fully saturated rings. The van der Waals surface area contributed by atoms with E-state index in [-0.39, 0.29) is 18.5 Å². The first-order valence-electron chi connectivity index (χ1n) is 5.71. The molecule has 0 saturated heterocycles. The van der Waals surface area contributed by atoms with E-state index >= 15 is 0 Å². The Morgan fingerprint density at radius 2 is 1.94 bits per heavy atom. The molecule has 4 heteroatoms.